The SMILES string of the molecule is CCN1CCN(c2cc(NN)cc([N+](=O)[O-])c2)CC1C. The molecule has 0 radical (unpaired) electrons. The summed E-state index contributed by atoms with van der Waals surface area (Å²) in [6.45, 7) is 8.04. The first kappa shape index (κ1) is 14.5. The van der Waals surface area contributed by atoms with Crippen LogP contribution in [0, 0.1) is 10.1 Å². The highest BCUT2D eigenvalue weighted by Crippen LogP contribution is 2.28. The number of nitro groups is 1. The molecule has 20 heavy (non-hydrogen) atoms. The fourth-order valence-electron chi connectivity index (χ4n) is 2.67. The van der Waals surface area contributed by atoms with Crippen molar-refractivity contribution in [2.24, 2.45) is 5.84 Å². The topological polar surface area (TPSA) is 87.7 Å². The van der Waals surface area contributed by atoms with Crippen LogP contribution >= 0.6 is 0 Å². The van der Waals surface area contributed by atoms with Crippen LogP contribution in [0.4, 0.5) is 17.1 Å². The Bertz CT molecular complexity index is 494. The van der Waals surface area contributed by atoms with Gasteiger partial charge in [0.15, 0.2) is 0 Å². The summed E-state index contributed by atoms with van der Waals surface area (Å²) in [4.78, 5) is 15.2. The molecule has 2 rings (SSSR count). The molecule has 1 aromatic carbocycles. The summed E-state index contributed by atoms with van der Waals surface area (Å²) < 4.78 is 0. The van der Waals surface area contributed by atoms with Gasteiger partial charge in [0.05, 0.1) is 10.6 Å². The molecule has 1 unspecified atom stereocenters. The maximum Gasteiger partial charge on any atom is 0.273 e. The molecule has 1 fully saturated rings. The minimum absolute atomic E-state index is 0.0565. The molecule has 1 heterocycles. The Hall–Kier alpha value is -1.86. The lowest BCUT2D eigenvalue weighted by Crippen LogP contribution is -2.51. The molecule has 3 N–H and O–H groups in total. The Kier molecular flexibility index (Phi) is 4.41. The van der Waals surface area contributed by atoms with E-state index in [0.717, 1.165) is 31.9 Å². The van der Waals surface area contributed by atoms with Crippen LogP contribution < -0.4 is 16.2 Å². The van der Waals surface area contributed by atoms with Crippen molar-refractivity contribution in [1.29, 1.82) is 0 Å². The zero-order valence-electron chi connectivity index (χ0n) is 11.9. The fraction of sp³-hybridized carbons (Fsp3) is 0.538. The number of nitrogens with two attached hydrogens (primary N) is 1. The molecule has 0 aromatic heterocycles. The van der Waals surface area contributed by atoms with Gasteiger partial charge in [-0.25, -0.2) is 0 Å². The fourth-order valence-corrected chi connectivity index (χ4v) is 2.67. The number of hydrogen-bond acceptors (Lipinski definition) is 6. The van der Waals surface area contributed by atoms with E-state index in [4.69, 9.17) is 5.84 Å². The molecule has 0 aliphatic carbocycles. The predicted molar refractivity (Wildman–Crippen MR) is 79.8 cm³/mol. The van der Waals surface area contributed by atoms with Gasteiger partial charge in [-0.05, 0) is 19.5 Å². The summed E-state index contributed by atoms with van der Waals surface area (Å²) in [7, 11) is 0. The van der Waals surface area contributed by atoms with Gasteiger partial charge >= 0.3 is 0 Å². The largest absolute Gasteiger partial charge is 0.368 e. The van der Waals surface area contributed by atoms with E-state index in [1.165, 1.54) is 6.07 Å². The molecule has 1 atom stereocenters. The van der Waals surface area contributed by atoms with Crippen LogP contribution in [0.25, 0.3) is 0 Å². The molecule has 0 bridgehead atoms. The van der Waals surface area contributed by atoms with Crippen molar-refractivity contribution in [3.8, 4) is 0 Å². The molecule has 1 aromatic rings. The number of nitrogens with one attached hydrogen (secondary N) is 1. The Morgan fingerprint density at radius 1 is 1.45 bits per heavy atom. The van der Waals surface area contributed by atoms with Crippen LogP contribution in [0.5, 0.6) is 0 Å². The summed E-state index contributed by atoms with van der Waals surface area (Å²) in [5.74, 6) is 5.39. The van der Waals surface area contributed by atoms with Crippen molar-refractivity contribution in [3.05, 3.63) is 28.3 Å². The van der Waals surface area contributed by atoms with Crippen LogP contribution in [0.3, 0.4) is 0 Å². The first-order valence-electron chi connectivity index (χ1n) is 6.80. The van der Waals surface area contributed by atoms with Gasteiger partial charge < -0.3 is 10.3 Å². The normalized spacial score (nSPS) is 19.9. The quantitative estimate of drug-likeness (QED) is 0.492. The molecule has 1 saturated heterocycles. The lowest BCUT2D eigenvalue weighted by atomic mass is 10.1. The highest BCUT2D eigenvalue weighted by atomic mass is 16.6. The number of hydrogen-bond donors (Lipinski definition) is 2. The van der Waals surface area contributed by atoms with Gasteiger partial charge in [0.25, 0.3) is 5.69 Å². The van der Waals surface area contributed by atoms with E-state index in [-0.39, 0.29) is 5.69 Å². The molecule has 7 nitrogen and oxygen atoms in total. The number of nitrogens with zero attached hydrogens (tertiary/aromatic N) is 3. The maximum atomic E-state index is 11.0. The van der Waals surface area contributed by atoms with Gasteiger partial charge in [0.1, 0.15) is 0 Å². The number of non-ortho nitro benzene ring substituents is 1. The van der Waals surface area contributed by atoms with Crippen LogP contribution in [0.2, 0.25) is 0 Å². The maximum absolute atomic E-state index is 11.0. The van der Waals surface area contributed by atoms with Crippen LogP contribution in [-0.4, -0.2) is 42.0 Å². The van der Waals surface area contributed by atoms with Crippen molar-refractivity contribution in [3.63, 3.8) is 0 Å². The third kappa shape index (κ3) is 3.00. The highest BCUT2D eigenvalue weighted by molar-refractivity contribution is 5.64. The minimum atomic E-state index is -0.393. The summed E-state index contributed by atoms with van der Waals surface area (Å²) in [6.07, 6.45) is 0. The predicted octanol–water partition coefficient (Wildman–Crippen LogP) is 1.41. The smallest absolute Gasteiger partial charge is 0.273 e. The van der Waals surface area contributed by atoms with Crippen molar-refractivity contribution in [2.75, 3.05) is 36.5 Å². The second kappa shape index (κ2) is 6.06. The van der Waals surface area contributed by atoms with Crippen LogP contribution in [-0.2, 0) is 0 Å². The van der Waals surface area contributed by atoms with E-state index >= 15 is 0 Å². The average Bonchev–Trinajstić information content (AvgIpc) is 2.46. The van der Waals surface area contributed by atoms with Crippen molar-refractivity contribution < 1.29 is 4.92 Å². The molecule has 0 saturated carbocycles. The molecule has 110 valence electrons. The molecular formula is C13H21N5O2. The Labute approximate surface area is 118 Å². The summed E-state index contributed by atoms with van der Waals surface area (Å²) >= 11 is 0. The van der Waals surface area contributed by atoms with Gasteiger partial charge in [-0.15, -0.1) is 0 Å². The van der Waals surface area contributed by atoms with Crippen LogP contribution in [0.15, 0.2) is 18.2 Å². The van der Waals surface area contributed by atoms with Crippen LogP contribution in [0.1, 0.15) is 13.8 Å². The Balaban J connectivity index is 2.24. The lowest BCUT2D eigenvalue weighted by molar-refractivity contribution is -0.384. The average molecular weight is 279 g/mol. The summed E-state index contributed by atoms with van der Waals surface area (Å²) in [5, 5.41) is 11.0. The van der Waals surface area contributed by atoms with E-state index in [2.05, 4.69) is 29.1 Å². The van der Waals surface area contributed by atoms with E-state index in [9.17, 15) is 10.1 Å². The highest BCUT2D eigenvalue weighted by Gasteiger charge is 2.23. The monoisotopic (exact) mass is 279 g/mol. The third-order valence-corrected chi connectivity index (χ3v) is 3.82. The number of nitro benzene ring substituents is 1. The molecule has 7 heteroatoms. The van der Waals surface area contributed by atoms with Gasteiger partial charge in [-0.3, -0.25) is 20.9 Å². The summed E-state index contributed by atoms with van der Waals surface area (Å²) in [5.41, 5.74) is 3.95. The van der Waals surface area contributed by atoms with E-state index < -0.39 is 4.92 Å². The van der Waals surface area contributed by atoms with E-state index in [1.54, 1.807) is 6.07 Å². The van der Waals surface area contributed by atoms with Crippen molar-refractivity contribution in [2.45, 2.75) is 19.9 Å². The molecular weight excluding hydrogens is 258 g/mol. The van der Waals surface area contributed by atoms with Crippen molar-refractivity contribution >= 4 is 17.1 Å². The number of nitrogen functional groups attached to an aromatic ring is 1. The first-order chi connectivity index (χ1) is 9.55. The summed E-state index contributed by atoms with van der Waals surface area (Å²) in [6, 6.07) is 5.33. The zero-order valence-corrected chi connectivity index (χ0v) is 11.9. The molecule has 0 amide bonds. The molecule has 0 spiro atoms. The number of benzene rings is 1. The zero-order chi connectivity index (χ0) is 14.7. The van der Waals surface area contributed by atoms with Gasteiger partial charge in [-0.1, -0.05) is 6.92 Å². The first-order valence-corrected chi connectivity index (χ1v) is 6.80. The number of likely N-dealkylation sites (N-methyl/N-ethyl adjacent to an activating group) is 1. The number of hydrazine groups is 1. The standard InChI is InChI=1S/C13H21N5O2/c1-3-16-4-5-17(9-10(16)2)12-6-11(15-14)7-13(8-12)18(19)20/h6-8,10,15H,3-5,9,14H2,1-2H3. The minimum Gasteiger partial charge on any atom is -0.368 e. The number of anilines is 2. The number of rotatable bonds is 4. The Morgan fingerprint density at radius 3 is 2.75 bits per heavy atom. The second-order valence-corrected chi connectivity index (χ2v) is 5.06. The Morgan fingerprint density at radius 2 is 2.20 bits per heavy atom. The van der Waals surface area contributed by atoms with E-state index in [1.807, 2.05) is 6.07 Å². The molecule has 1 aliphatic rings. The lowest BCUT2D eigenvalue weighted by Gasteiger charge is -2.40. The van der Waals surface area contributed by atoms with Gasteiger partial charge in [-0.2, -0.15) is 0 Å². The third-order valence-electron chi connectivity index (χ3n) is 3.82. The van der Waals surface area contributed by atoms with Gasteiger partial charge in [0, 0.05) is 43.5 Å². The van der Waals surface area contributed by atoms with Crippen molar-refractivity contribution in [1.82, 2.24) is 4.90 Å². The molecule has 1 aliphatic heterocycles. The van der Waals surface area contributed by atoms with E-state index in [0.29, 0.717) is 11.7 Å². The number of piperazine rings is 1. The van der Waals surface area contributed by atoms with Gasteiger partial charge in [0.2, 0.25) is 0 Å². The second-order valence-electron chi connectivity index (χ2n) is 5.06.